The van der Waals surface area contributed by atoms with Crippen LogP contribution in [0.3, 0.4) is 0 Å². The van der Waals surface area contributed by atoms with E-state index < -0.39 is 66.4 Å². The third-order valence-corrected chi connectivity index (χ3v) is 3.49. The van der Waals surface area contributed by atoms with E-state index in [0.29, 0.717) is 0 Å². The Morgan fingerprint density at radius 3 is 1.03 bits per heavy atom. The van der Waals surface area contributed by atoms with Gasteiger partial charge in [-0.1, -0.05) is 27.7 Å². The molecule has 0 rings (SSSR count). The highest BCUT2D eigenvalue weighted by molar-refractivity contribution is 5.86. The van der Waals surface area contributed by atoms with E-state index in [0.717, 1.165) is 10.6 Å². The first kappa shape index (κ1) is 27.2. The number of alkyl halides is 10. The van der Waals surface area contributed by atoms with Gasteiger partial charge in [0.05, 0.1) is 0 Å². The van der Waals surface area contributed by atoms with Gasteiger partial charge in [-0.15, -0.1) is 0 Å². The number of hydrogen-bond donors (Lipinski definition) is 2. The molecule has 29 heavy (non-hydrogen) atoms. The molecule has 0 saturated carbocycles. The first-order valence-electron chi connectivity index (χ1n) is 8.13. The minimum Gasteiger partial charge on any atom is -0.350 e. The van der Waals surface area contributed by atoms with Crippen LogP contribution < -0.4 is 10.6 Å². The molecule has 4 nitrogen and oxygen atoms in total. The standard InChI is InChI=1S/C15H20F10N2O2/c1-7(2)5-26-9(28)11(16,17)13(20,21)15(24,25)14(22,23)12(18,19)10(29)27-6-8(3)4/h7-8H,5-6H2,1-4H3,(H,26,28)(H,27,29). The molecule has 0 aromatic heterocycles. The predicted octanol–water partition coefficient (Wildman–Crippen LogP) is 3.71. The zero-order chi connectivity index (χ0) is 23.6. The molecule has 14 heteroatoms. The molecule has 0 aliphatic heterocycles. The molecule has 0 aromatic carbocycles. The summed E-state index contributed by atoms with van der Waals surface area (Å²) in [7, 11) is 0. The number of carbonyl (C=O) groups is 2. The minimum atomic E-state index is -7.49. The van der Waals surface area contributed by atoms with Crippen LogP contribution in [0.2, 0.25) is 0 Å². The topological polar surface area (TPSA) is 58.2 Å². The van der Waals surface area contributed by atoms with Crippen LogP contribution in [0.1, 0.15) is 27.7 Å². The van der Waals surface area contributed by atoms with Crippen molar-refractivity contribution in [1.29, 1.82) is 0 Å². The summed E-state index contributed by atoms with van der Waals surface area (Å²) in [6, 6.07) is 0. The van der Waals surface area contributed by atoms with Crippen LogP contribution in [0.4, 0.5) is 43.9 Å². The highest BCUT2D eigenvalue weighted by Crippen LogP contribution is 2.57. The van der Waals surface area contributed by atoms with Gasteiger partial charge in [-0.3, -0.25) is 9.59 Å². The summed E-state index contributed by atoms with van der Waals surface area (Å²) in [6.07, 6.45) is 0. The SMILES string of the molecule is CC(C)CNC(=O)C(F)(F)C(F)(F)C(F)(F)C(F)(F)C(F)(F)C(=O)NCC(C)C. The van der Waals surface area contributed by atoms with Crippen LogP contribution >= 0.6 is 0 Å². The first-order valence-corrected chi connectivity index (χ1v) is 8.13. The largest absolute Gasteiger partial charge is 0.392 e. The maximum atomic E-state index is 13.7. The Bertz CT molecular complexity index is 556. The van der Waals surface area contributed by atoms with Crippen LogP contribution in [0.15, 0.2) is 0 Å². The second-order valence-corrected chi connectivity index (χ2v) is 7.08. The molecule has 0 bridgehead atoms. The Labute approximate surface area is 159 Å². The molecule has 2 N–H and O–H groups in total. The van der Waals surface area contributed by atoms with Gasteiger partial charge in [0.2, 0.25) is 0 Å². The van der Waals surface area contributed by atoms with E-state index in [2.05, 4.69) is 0 Å². The molecule has 0 radical (unpaired) electrons. The number of halogens is 10. The van der Waals surface area contributed by atoms with Gasteiger partial charge in [0, 0.05) is 13.1 Å². The lowest BCUT2D eigenvalue weighted by Gasteiger charge is -2.38. The van der Waals surface area contributed by atoms with Crippen LogP contribution in [0, 0.1) is 11.8 Å². The van der Waals surface area contributed by atoms with Crippen molar-refractivity contribution in [3.05, 3.63) is 0 Å². The molecule has 0 aromatic rings. The molecular weight excluding hydrogens is 430 g/mol. The van der Waals surface area contributed by atoms with Crippen LogP contribution in [-0.4, -0.2) is 54.5 Å². The van der Waals surface area contributed by atoms with Gasteiger partial charge < -0.3 is 10.6 Å². The zero-order valence-corrected chi connectivity index (χ0v) is 15.7. The van der Waals surface area contributed by atoms with Crippen LogP contribution in [0.25, 0.3) is 0 Å². The maximum Gasteiger partial charge on any atom is 0.392 e. The molecule has 0 aliphatic rings. The summed E-state index contributed by atoms with van der Waals surface area (Å²) in [6.45, 7) is 3.76. The summed E-state index contributed by atoms with van der Waals surface area (Å²) in [5.74, 6) is -42.4. The minimum absolute atomic E-state index is 0.626. The summed E-state index contributed by atoms with van der Waals surface area (Å²) in [5.41, 5.74) is 0. The van der Waals surface area contributed by atoms with Crippen molar-refractivity contribution in [1.82, 2.24) is 10.6 Å². The van der Waals surface area contributed by atoms with Crippen LogP contribution in [0.5, 0.6) is 0 Å². The average molecular weight is 450 g/mol. The van der Waals surface area contributed by atoms with E-state index in [9.17, 15) is 53.5 Å². The Balaban J connectivity index is 6.01. The summed E-state index contributed by atoms with van der Waals surface area (Å²) in [4.78, 5) is 22.3. The third-order valence-electron chi connectivity index (χ3n) is 3.49. The Kier molecular flexibility index (Phi) is 8.02. The lowest BCUT2D eigenvalue weighted by molar-refractivity contribution is -0.387. The molecule has 0 fully saturated rings. The lowest BCUT2D eigenvalue weighted by Crippen LogP contribution is -2.71. The van der Waals surface area contributed by atoms with Gasteiger partial charge in [-0.2, -0.15) is 43.9 Å². The number of amides is 2. The average Bonchev–Trinajstić information content (AvgIpc) is 2.56. The second-order valence-electron chi connectivity index (χ2n) is 7.08. The molecule has 0 atom stereocenters. The van der Waals surface area contributed by atoms with Crippen LogP contribution in [-0.2, 0) is 9.59 Å². The Morgan fingerprint density at radius 1 is 0.586 bits per heavy atom. The van der Waals surface area contributed by atoms with Crippen molar-refractivity contribution in [3.8, 4) is 0 Å². The van der Waals surface area contributed by atoms with Gasteiger partial charge in [-0.05, 0) is 11.8 Å². The normalized spacial score (nSPS) is 14.3. The molecule has 0 unspecified atom stereocenters. The number of nitrogens with one attached hydrogen (secondary N) is 2. The second kappa shape index (κ2) is 8.54. The van der Waals surface area contributed by atoms with Gasteiger partial charge in [-0.25, -0.2) is 0 Å². The number of rotatable bonds is 10. The fourth-order valence-corrected chi connectivity index (χ4v) is 1.69. The van der Waals surface area contributed by atoms with Crippen molar-refractivity contribution in [2.45, 2.75) is 57.3 Å². The molecule has 172 valence electrons. The molecule has 0 spiro atoms. The molecule has 2 amide bonds. The Morgan fingerprint density at radius 2 is 0.828 bits per heavy atom. The molecule has 0 heterocycles. The predicted molar refractivity (Wildman–Crippen MR) is 80.4 cm³/mol. The van der Waals surface area contributed by atoms with Crippen molar-refractivity contribution in [2.75, 3.05) is 13.1 Å². The summed E-state index contributed by atoms with van der Waals surface area (Å²) < 4.78 is 136. The summed E-state index contributed by atoms with van der Waals surface area (Å²) >= 11 is 0. The smallest absolute Gasteiger partial charge is 0.350 e. The van der Waals surface area contributed by atoms with Gasteiger partial charge in [0.1, 0.15) is 0 Å². The van der Waals surface area contributed by atoms with Gasteiger partial charge >= 0.3 is 29.6 Å². The Hall–Kier alpha value is -1.76. The zero-order valence-electron chi connectivity index (χ0n) is 15.7. The number of carbonyl (C=O) groups excluding carboxylic acids is 2. The van der Waals surface area contributed by atoms with Crippen molar-refractivity contribution in [2.24, 2.45) is 11.8 Å². The van der Waals surface area contributed by atoms with Gasteiger partial charge in [0.25, 0.3) is 11.8 Å². The summed E-state index contributed by atoms with van der Waals surface area (Å²) in [5, 5.41) is 2.26. The van der Waals surface area contributed by atoms with E-state index >= 15 is 0 Å². The molecule has 0 aliphatic carbocycles. The first-order chi connectivity index (χ1) is 12.7. The molecular formula is C15H20F10N2O2. The van der Waals surface area contributed by atoms with E-state index in [1.165, 1.54) is 27.7 Å². The van der Waals surface area contributed by atoms with Crippen molar-refractivity contribution < 1.29 is 53.5 Å². The third kappa shape index (κ3) is 4.87. The highest BCUT2D eigenvalue weighted by Gasteiger charge is 2.88. The van der Waals surface area contributed by atoms with E-state index in [1.54, 1.807) is 0 Å². The quantitative estimate of drug-likeness (QED) is 0.499. The van der Waals surface area contributed by atoms with Gasteiger partial charge in [0.15, 0.2) is 0 Å². The maximum absolute atomic E-state index is 13.7. The lowest BCUT2D eigenvalue weighted by atomic mass is 9.93. The fraction of sp³-hybridized carbons (Fsp3) is 0.867. The van der Waals surface area contributed by atoms with E-state index in [-0.39, 0.29) is 0 Å². The van der Waals surface area contributed by atoms with E-state index in [4.69, 9.17) is 0 Å². The highest BCUT2D eigenvalue weighted by atomic mass is 19.4. The monoisotopic (exact) mass is 450 g/mol. The van der Waals surface area contributed by atoms with Crippen molar-refractivity contribution >= 4 is 11.8 Å². The molecule has 0 saturated heterocycles. The fourth-order valence-electron chi connectivity index (χ4n) is 1.69. The van der Waals surface area contributed by atoms with E-state index in [1.807, 2.05) is 0 Å². The van der Waals surface area contributed by atoms with Crippen molar-refractivity contribution in [3.63, 3.8) is 0 Å². The number of hydrogen-bond acceptors (Lipinski definition) is 2.